The normalized spacial score (nSPS) is 16.5. The molecule has 2 aromatic heterocycles. The number of alkyl halides is 2. The number of nitrogens with zero attached hydrogens (tertiary/aromatic N) is 4. The third-order valence-electron chi connectivity index (χ3n) is 5.14. The minimum atomic E-state index is -2.85. The largest absolute Gasteiger partial charge is 0.322 e. The Balaban J connectivity index is 1.59. The topological polar surface area (TPSA) is 63.1 Å². The fourth-order valence-corrected chi connectivity index (χ4v) is 3.19. The summed E-state index contributed by atoms with van der Waals surface area (Å²) in [7, 11) is 0. The van der Waals surface area contributed by atoms with Crippen LogP contribution in [0.25, 0.3) is 16.7 Å². The van der Waals surface area contributed by atoms with Crippen LogP contribution in [-0.4, -0.2) is 44.7 Å². The predicted molar refractivity (Wildman–Crippen MR) is 103 cm³/mol. The number of hydrogen-bond acceptors (Lipinski definition) is 3. The zero-order chi connectivity index (χ0) is 20.8. The molecule has 1 atom stereocenters. The van der Waals surface area contributed by atoms with E-state index in [0.29, 0.717) is 11.6 Å². The van der Waals surface area contributed by atoms with Crippen molar-refractivity contribution in [2.24, 2.45) is 0 Å². The van der Waals surface area contributed by atoms with Crippen LogP contribution in [0.15, 0.2) is 36.7 Å². The van der Waals surface area contributed by atoms with Crippen LogP contribution in [0.3, 0.4) is 0 Å². The number of rotatable bonds is 4. The lowest BCUT2D eigenvalue weighted by Gasteiger charge is -2.38. The third-order valence-corrected chi connectivity index (χ3v) is 5.14. The minimum absolute atomic E-state index is 0.125. The highest BCUT2D eigenvalue weighted by Gasteiger charge is 2.46. The van der Waals surface area contributed by atoms with Crippen LogP contribution in [0.1, 0.15) is 31.7 Å². The maximum atomic E-state index is 14.4. The number of anilines is 1. The Labute approximate surface area is 165 Å². The SMILES string of the molecule is CCC(C)c1cnc2nn(-c3cc(NC(=O)N4CC(F)(F)C4)ccc3F)cc2c1. The highest BCUT2D eigenvalue weighted by Crippen LogP contribution is 2.28. The first-order chi connectivity index (χ1) is 13.8. The van der Waals surface area contributed by atoms with Crippen molar-refractivity contribution < 1.29 is 18.0 Å². The number of likely N-dealkylation sites (tertiary alicyclic amines) is 1. The second-order valence-electron chi connectivity index (χ2n) is 7.37. The number of fused-ring (bicyclic) bond motifs is 1. The number of benzene rings is 1. The van der Waals surface area contributed by atoms with Crippen LogP contribution < -0.4 is 5.32 Å². The number of carbonyl (C=O) groups is 1. The third kappa shape index (κ3) is 3.76. The van der Waals surface area contributed by atoms with Crippen molar-refractivity contribution >= 4 is 22.8 Å². The van der Waals surface area contributed by atoms with Crippen LogP contribution in [0.2, 0.25) is 0 Å². The number of nitrogens with one attached hydrogen (secondary N) is 1. The smallest absolute Gasteiger partial charge is 0.312 e. The number of halogens is 3. The molecule has 29 heavy (non-hydrogen) atoms. The molecule has 1 aliphatic rings. The van der Waals surface area contributed by atoms with E-state index in [1.54, 1.807) is 12.4 Å². The van der Waals surface area contributed by atoms with Crippen molar-refractivity contribution in [1.82, 2.24) is 19.7 Å². The van der Waals surface area contributed by atoms with Gasteiger partial charge in [0.05, 0.1) is 13.1 Å². The van der Waals surface area contributed by atoms with Crippen LogP contribution >= 0.6 is 0 Å². The van der Waals surface area contributed by atoms with Gasteiger partial charge in [-0.1, -0.05) is 13.8 Å². The van der Waals surface area contributed by atoms with Crippen molar-refractivity contribution in [3.63, 3.8) is 0 Å². The van der Waals surface area contributed by atoms with E-state index >= 15 is 0 Å². The average molecular weight is 403 g/mol. The van der Waals surface area contributed by atoms with Gasteiger partial charge in [0.2, 0.25) is 0 Å². The molecule has 1 unspecified atom stereocenters. The van der Waals surface area contributed by atoms with E-state index in [-0.39, 0.29) is 11.4 Å². The van der Waals surface area contributed by atoms with E-state index in [1.165, 1.54) is 22.9 Å². The quantitative estimate of drug-likeness (QED) is 0.695. The van der Waals surface area contributed by atoms with Gasteiger partial charge < -0.3 is 10.2 Å². The van der Waals surface area contributed by atoms with Crippen LogP contribution in [-0.2, 0) is 0 Å². The molecule has 1 aliphatic heterocycles. The molecule has 1 fully saturated rings. The maximum Gasteiger partial charge on any atom is 0.322 e. The Kier molecular flexibility index (Phi) is 4.68. The van der Waals surface area contributed by atoms with Gasteiger partial charge in [0.25, 0.3) is 5.92 Å². The lowest BCUT2D eigenvalue weighted by atomic mass is 10.0. The Bertz CT molecular complexity index is 1070. The van der Waals surface area contributed by atoms with E-state index in [4.69, 9.17) is 0 Å². The van der Waals surface area contributed by atoms with E-state index in [0.717, 1.165) is 22.3 Å². The van der Waals surface area contributed by atoms with E-state index < -0.39 is 30.9 Å². The number of hydrogen-bond donors (Lipinski definition) is 1. The summed E-state index contributed by atoms with van der Waals surface area (Å²) in [6.45, 7) is 2.95. The van der Waals surface area contributed by atoms with Gasteiger partial charge in [-0.2, -0.15) is 0 Å². The average Bonchev–Trinajstić information content (AvgIpc) is 3.09. The molecule has 1 N–H and O–H groups in total. The second-order valence-corrected chi connectivity index (χ2v) is 7.37. The van der Waals surface area contributed by atoms with E-state index in [9.17, 15) is 18.0 Å². The van der Waals surface area contributed by atoms with Crippen LogP contribution in [0, 0.1) is 5.82 Å². The van der Waals surface area contributed by atoms with Gasteiger partial charge in [0.15, 0.2) is 5.65 Å². The van der Waals surface area contributed by atoms with Crippen molar-refractivity contribution in [3.8, 4) is 5.69 Å². The number of amides is 2. The maximum absolute atomic E-state index is 14.4. The monoisotopic (exact) mass is 403 g/mol. The van der Waals surface area contributed by atoms with Crippen LogP contribution in [0.5, 0.6) is 0 Å². The summed E-state index contributed by atoms with van der Waals surface area (Å²) < 4.78 is 41.7. The van der Waals surface area contributed by atoms with Gasteiger partial charge in [-0.25, -0.2) is 27.6 Å². The molecular weight excluding hydrogens is 383 g/mol. The first-order valence-corrected chi connectivity index (χ1v) is 9.35. The second kappa shape index (κ2) is 7.06. The predicted octanol–water partition coefficient (Wildman–Crippen LogP) is 4.56. The Morgan fingerprint density at radius 2 is 2.07 bits per heavy atom. The van der Waals surface area contributed by atoms with Gasteiger partial charge in [0, 0.05) is 23.5 Å². The zero-order valence-electron chi connectivity index (χ0n) is 16.0. The fourth-order valence-electron chi connectivity index (χ4n) is 3.19. The minimum Gasteiger partial charge on any atom is -0.312 e. The summed E-state index contributed by atoms with van der Waals surface area (Å²) in [5, 5.41) is 7.61. The number of carbonyl (C=O) groups excluding carboxylic acids is 1. The lowest BCUT2D eigenvalue weighted by molar-refractivity contribution is -0.107. The molecule has 0 bridgehead atoms. The van der Waals surface area contributed by atoms with E-state index in [2.05, 4.69) is 29.2 Å². The van der Waals surface area contributed by atoms with Crippen molar-refractivity contribution in [2.45, 2.75) is 32.1 Å². The summed E-state index contributed by atoms with van der Waals surface area (Å²) in [6, 6.07) is 5.30. The Hall–Kier alpha value is -3.10. The molecule has 0 aliphatic carbocycles. The van der Waals surface area contributed by atoms with Crippen molar-refractivity contribution in [2.75, 3.05) is 18.4 Å². The molecule has 1 saturated heterocycles. The summed E-state index contributed by atoms with van der Waals surface area (Å²) >= 11 is 0. The molecule has 0 saturated carbocycles. The van der Waals surface area contributed by atoms with Gasteiger partial charge >= 0.3 is 6.03 Å². The van der Waals surface area contributed by atoms with E-state index in [1.807, 2.05) is 6.07 Å². The van der Waals surface area contributed by atoms with Gasteiger partial charge in [0.1, 0.15) is 11.5 Å². The summed E-state index contributed by atoms with van der Waals surface area (Å²) in [5.41, 5.74) is 1.97. The first kappa shape index (κ1) is 19.2. The summed E-state index contributed by atoms with van der Waals surface area (Å²) in [5.74, 6) is -3.03. The van der Waals surface area contributed by atoms with Gasteiger partial charge in [-0.15, -0.1) is 5.10 Å². The molecule has 6 nitrogen and oxygen atoms in total. The number of urea groups is 1. The standard InChI is InChI=1S/C20H20F3N5O/c1-3-12(2)13-6-14-9-28(26-18(14)24-8-13)17-7-15(4-5-16(17)21)25-19(29)27-10-20(22,23)11-27/h4-9,12H,3,10-11H2,1-2H3,(H,25,29). The molecule has 9 heteroatoms. The Morgan fingerprint density at radius 1 is 1.31 bits per heavy atom. The number of aromatic nitrogens is 3. The van der Waals surface area contributed by atoms with Crippen molar-refractivity contribution in [1.29, 1.82) is 0 Å². The van der Waals surface area contributed by atoms with Gasteiger partial charge in [-0.3, -0.25) is 0 Å². The fraction of sp³-hybridized carbons (Fsp3) is 0.350. The summed E-state index contributed by atoms with van der Waals surface area (Å²) in [6.07, 6.45) is 4.42. The van der Waals surface area contributed by atoms with Gasteiger partial charge in [-0.05, 0) is 42.2 Å². The molecule has 0 spiro atoms. The first-order valence-electron chi connectivity index (χ1n) is 9.35. The summed E-state index contributed by atoms with van der Waals surface area (Å²) in [4.78, 5) is 17.4. The molecule has 1 aromatic carbocycles. The molecular formula is C20H20F3N5O. The molecule has 0 radical (unpaired) electrons. The highest BCUT2D eigenvalue weighted by atomic mass is 19.3. The Morgan fingerprint density at radius 3 is 2.76 bits per heavy atom. The zero-order valence-corrected chi connectivity index (χ0v) is 16.0. The molecule has 3 aromatic rings. The van der Waals surface area contributed by atoms with Crippen LogP contribution in [0.4, 0.5) is 23.7 Å². The van der Waals surface area contributed by atoms with Crippen molar-refractivity contribution in [3.05, 3.63) is 48.0 Å². The molecule has 152 valence electrons. The molecule has 2 amide bonds. The lowest BCUT2D eigenvalue weighted by Crippen LogP contribution is -2.59. The highest BCUT2D eigenvalue weighted by molar-refractivity contribution is 5.90. The molecule has 4 rings (SSSR count). The molecule has 3 heterocycles. The number of pyridine rings is 1.